The van der Waals surface area contributed by atoms with E-state index in [-0.39, 0.29) is 35.6 Å². The summed E-state index contributed by atoms with van der Waals surface area (Å²) in [6, 6.07) is 14.0. The van der Waals surface area contributed by atoms with Gasteiger partial charge < -0.3 is 21.1 Å². The Balaban J connectivity index is 1.05. The van der Waals surface area contributed by atoms with Gasteiger partial charge in [0.1, 0.15) is 5.82 Å². The lowest BCUT2D eigenvalue weighted by atomic mass is 9.85. The molecular weight excluding hydrogens is 646 g/mol. The molecule has 260 valence electrons. The third-order valence-electron chi connectivity index (χ3n) is 9.45. The number of ether oxygens (including phenoxy) is 1. The van der Waals surface area contributed by atoms with Crippen LogP contribution in [0.3, 0.4) is 0 Å². The summed E-state index contributed by atoms with van der Waals surface area (Å²) in [6.07, 6.45) is 6.95. The van der Waals surface area contributed by atoms with Crippen LogP contribution in [0.1, 0.15) is 41.6 Å². The van der Waals surface area contributed by atoms with Gasteiger partial charge in [-0.1, -0.05) is 18.2 Å². The van der Waals surface area contributed by atoms with Crippen LogP contribution in [0, 0.1) is 5.41 Å². The van der Waals surface area contributed by atoms with Crippen molar-refractivity contribution in [2.24, 2.45) is 16.1 Å². The summed E-state index contributed by atoms with van der Waals surface area (Å²) in [6.45, 7) is -0.00563. The number of benzene rings is 1. The highest BCUT2D eigenvalue weighted by atomic mass is 19.3. The zero-order valence-corrected chi connectivity index (χ0v) is 27.7. The van der Waals surface area contributed by atoms with Crippen molar-refractivity contribution in [2.45, 2.75) is 25.9 Å². The zero-order valence-electron chi connectivity index (χ0n) is 27.7. The predicted molar refractivity (Wildman–Crippen MR) is 184 cm³/mol. The molecule has 1 aromatic carbocycles. The fourth-order valence-corrected chi connectivity index (χ4v) is 6.69. The second-order valence-corrected chi connectivity index (χ2v) is 12.6. The number of pyridine rings is 2. The lowest BCUT2D eigenvalue weighted by Gasteiger charge is -2.29. The highest BCUT2D eigenvalue weighted by molar-refractivity contribution is 6.11. The standard InChI is InChI=1S/C35H38F2N10O3/c1-41-21-43-32(40)24-4-2-22(3-5-24)23-10-14-46(15-11-23)29(48)19-45-16-12-35(20-45)13-17-47(33(35)49)27-8-7-26(38)31(44-27)30(39)25-6-9-28(42-18-25)50-34(36)37/h2-10,18,21,34,39H,11-17,19-20,38H2,1H3,(H2,40,41,43)/p+2/t35-/m0/s1. The smallest absolute Gasteiger partial charge is 0.388 e. The summed E-state index contributed by atoms with van der Waals surface area (Å²) in [5.41, 5.74) is 15.9. The predicted octanol–water partition coefficient (Wildman–Crippen LogP) is -0.555. The number of nitrogens with one attached hydrogen (secondary N) is 1. The topological polar surface area (TPSA) is 183 Å². The normalized spacial score (nSPS) is 20.0. The van der Waals surface area contributed by atoms with Gasteiger partial charge in [0, 0.05) is 44.0 Å². The Morgan fingerprint density at radius 2 is 1.88 bits per heavy atom. The van der Waals surface area contributed by atoms with Crippen LogP contribution < -0.4 is 31.5 Å². The Morgan fingerprint density at radius 1 is 1.12 bits per heavy atom. The minimum absolute atomic E-state index is 0.0407. The number of nitrogens with two attached hydrogens (primary N) is 3. The van der Waals surface area contributed by atoms with E-state index in [4.69, 9.17) is 16.9 Å². The number of halogens is 2. The first-order valence-electron chi connectivity index (χ1n) is 16.3. The first kappa shape index (κ1) is 34.3. The van der Waals surface area contributed by atoms with Crippen molar-refractivity contribution in [2.75, 3.05) is 56.9 Å². The quantitative estimate of drug-likeness (QED) is 0.162. The van der Waals surface area contributed by atoms with E-state index in [0.717, 1.165) is 17.5 Å². The summed E-state index contributed by atoms with van der Waals surface area (Å²) in [5.74, 6) is 0.585. The molecular formula is C35H40F2N10O3+2. The van der Waals surface area contributed by atoms with Crippen molar-refractivity contribution in [1.82, 2.24) is 19.8 Å². The Kier molecular flexibility index (Phi) is 9.95. The fourth-order valence-electron chi connectivity index (χ4n) is 6.69. The highest BCUT2D eigenvalue weighted by Gasteiger charge is 2.51. The maximum atomic E-state index is 13.9. The van der Waals surface area contributed by atoms with E-state index in [9.17, 15) is 18.4 Å². The molecule has 3 aliphatic heterocycles. The van der Waals surface area contributed by atoms with Crippen molar-refractivity contribution >= 4 is 46.8 Å². The van der Waals surface area contributed by atoms with E-state index < -0.39 is 12.0 Å². The van der Waals surface area contributed by atoms with Crippen molar-refractivity contribution in [3.8, 4) is 5.88 Å². The molecule has 1 atom stereocenters. The van der Waals surface area contributed by atoms with Crippen LogP contribution in [0.5, 0.6) is 5.88 Å². The van der Waals surface area contributed by atoms with Crippen LogP contribution in [0.25, 0.3) is 5.57 Å². The molecule has 0 radical (unpaired) electrons. The second kappa shape index (κ2) is 14.5. The molecule has 0 unspecified atom stereocenters. The number of anilines is 2. The molecule has 2 fully saturated rings. The summed E-state index contributed by atoms with van der Waals surface area (Å²) in [5, 5.41) is 6.36. The van der Waals surface area contributed by atoms with Gasteiger partial charge >= 0.3 is 6.61 Å². The molecule has 1 spiro atoms. The molecule has 13 nitrogen and oxygen atoms in total. The summed E-state index contributed by atoms with van der Waals surface area (Å²) >= 11 is 0. The second-order valence-electron chi connectivity index (χ2n) is 12.6. The van der Waals surface area contributed by atoms with E-state index in [1.807, 2.05) is 29.2 Å². The first-order valence-corrected chi connectivity index (χ1v) is 16.3. The number of nitrogen functional groups attached to an aromatic ring is 1. The third kappa shape index (κ3) is 7.22. The maximum Gasteiger partial charge on any atom is 0.388 e. The van der Waals surface area contributed by atoms with E-state index >= 15 is 0 Å². The average Bonchev–Trinajstić information content (AvgIpc) is 3.68. The van der Waals surface area contributed by atoms with Crippen LogP contribution in [0.2, 0.25) is 0 Å². The first-order chi connectivity index (χ1) is 24.1. The molecule has 2 amide bonds. The van der Waals surface area contributed by atoms with Gasteiger partial charge in [-0.25, -0.2) is 9.97 Å². The number of amidine groups is 1. The van der Waals surface area contributed by atoms with Gasteiger partial charge in [0.25, 0.3) is 6.34 Å². The highest BCUT2D eigenvalue weighted by Crippen LogP contribution is 2.42. The molecule has 2 aromatic heterocycles. The van der Waals surface area contributed by atoms with E-state index in [0.29, 0.717) is 68.5 Å². The SMILES string of the molecule is C[NH+]=CN=C(N)c1ccc(C2=CCN(C(=O)CN3CC[C@]4(CCN(c5ccc(N)c(C(=[NH2+])c6ccc(OC(F)F)nc6)n5)C4=O)C3)CC2)cc1. The summed E-state index contributed by atoms with van der Waals surface area (Å²) < 4.78 is 29.3. The number of hydrogen-bond donors (Lipinski definition) is 4. The monoisotopic (exact) mass is 686 g/mol. The number of aliphatic imine (C=N–C) groups is 1. The van der Waals surface area contributed by atoms with Crippen LogP contribution in [0.4, 0.5) is 20.3 Å². The Morgan fingerprint density at radius 3 is 2.56 bits per heavy atom. The lowest BCUT2D eigenvalue weighted by Crippen LogP contribution is -2.62. The number of nitrogens with zero attached hydrogens (tertiary/aromatic N) is 6. The van der Waals surface area contributed by atoms with Gasteiger partial charge in [0.2, 0.25) is 29.2 Å². The zero-order chi connectivity index (χ0) is 35.4. The van der Waals surface area contributed by atoms with Crippen molar-refractivity contribution < 1.29 is 33.5 Å². The number of alkyl halides is 2. The molecule has 5 heterocycles. The fraction of sp³-hybridized carbons (Fsp3) is 0.343. The van der Waals surface area contributed by atoms with Gasteiger partial charge in [-0.15, -0.1) is 0 Å². The third-order valence-corrected chi connectivity index (χ3v) is 9.45. The van der Waals surface area contributed by atoms with Crippen LogP contribution in [0.15, 0.2) is 65.8 Å². The van der Waals surface area contributed by atoms with Crippen molar-refractivity contribution in [1.29, 1.82) is 0 Å². The summed E-state index contributed by atoms with van der Waals surface area (Å²) in [7, 11) is 1.76. The molecule has 7 N–H and O–H groups in total. The van der Waals surface area contributed by atoms with E-state index in [1.54, 1.807) is 24.1 Å². The molecule has 15 heteroatoms. The Labute approximate surface area is 287 Å². The number of carbonyl (C=O) groups excluding carboxylic acids is 2. The summed E-state index contributed by atoms with van der Waals surface area (Å²) in [4.78, 5) is 48.3. The van der Waals surface area contributed by atoms with Gasteiger partial charge in [0.15, 0.2) is 5.69 Å². The molecule has 0 aliphatic carbocycles. The number of carbonyl (C=O) groups is 2. The molecule has 50 heavy (non-hydrogen) atoms. The molecule has 0 bridgehead atoms. The largest absolute Gasteiger partial charge is 0.417 e. The molecule has 3 aromatic rings. The van der Waals surface area contributed by atoms with E-state index in [2.05, 4.69) is 35.7 Å². The van der Waals surface area contributed by atoms with Crippen molar-refractivity contribution in [3.05, 3.63) is 83.2 Å². The number of amides is 2. The van der Waals surface area contributed by atoms with Crippen LogP contribution in [-0.2, 0) is 9.59 Å². The number of rotatable bonds is 10. The Bertz CT molecular complexity index is 1860. The number of likely N-dealkylation sites (tertiary alicyclic amines) is 1. The Hall–Kier alpha value is -5.57. The van der Waals surface area contributed by atoms with E-state index in [1.165, 1.54) is 30.2 Å². The maximum absolute atomic E-state index is 13.9. The number of hydrogen-bond acceptors (Lipinski definition) is 7. The molecule has 6 rings (SSSR count). The average molecular weight is 687 g/mol. The minimum atomic E-state index is -3.00. The molecule has 3 aliphatic rings. The van der Waals surface area contributed by atoms with Gasteiger partial charge in [0.05, 0.1) is 30.3 Å². The molecule has 0 saturated carbocycles. The number of aromatic nitrogens is 2. The lowest BCUT2D eigenvalue weighted by molar-refractivity contribution is -0.414. The van der Waals surface area contributed by atoms with Gasteiger partial charge in [-0.05, 0) is 72.3 Å². The van der Waals surface area contributed by atoms with Gasteiger partial charge in [-0.3, -0.25) is 29.8 Å². The van der Waals surface area contributed by atoms with Crippen LogP contribution >= 0.6 is 0 Å². The molecule has 2 saturated heterocycles. The minimum Gasteiger partial charge on any atom is -0.417 e. The van der Waals surface area contributed by atoms with Crippen LogP contribution in [-0.4, -0.2) is 102 Å². The van der Waals surface area contributed by atoms with Gasteiger partial charge in [-0.2, -0.15) is 8.78 Å². The van der Waals surface area contributed by atoms with Crippen molar-refractivity contribution in [3.63, 3.8) is 0 Å².